The van der Waals surface area contributed by atoms with E-state index in [1.165, 1.54) is 0 Å². The smallest absolute Gasteiger partial charge is 0.333 e. The fourth-order valence-corrected chi connectivity index (χ4v) is 1.30. The van der Waals surface area contributed by atoms with Crippen LogP contribution in [0.3, 0.4) is 0 Å². The minimum Gasteiger partial charge on any atom is -0.481 e. The van der Waals surface area contributed by atoms with Gasteiger partial charge in [0.05, 0.1) is 26.1 Å². The van der Waals surface area contributed by atoms with Crippen molar-refractivity contribution >= 4 is 23.9 Å². The maximum absolute atomic E-state index is 11.4. The van der Waals surface area contributed by atoms with Gasteiger partial charge in [0.1, 0.15) is 0 Å². The van der Waals surface area contributed by atoms with E-state index in [9.17, 15) is 19.2 Å². The summed E-state index contributed by atoms with van der Waals surface area (Å²) >= 11 is 0. The van der Waals surface area contributed by atoms with Crippen LogP contribution in [0.25, 0.3) is 0 Å². The molecule has 0 aliphatic rings. The monoisotopic (exact) mass is 372 g/mol. The summed E-state index contributed by atoms with van der Waals surface area (Å²) in [5.74, 6) is -3.37. The highest BCUT2D eigenvalue weighted by molar-refractivity contribution is 5.93. The summed E-state index contributed by atoms with van der Waals surface area (Å²) in [6.45, 7) is 11.3. The molecule has 2 N–H and O–H groups in total. The zero-order valence-corrected chi connectivity index (χ0v) is 15.4. The van der Waals surface area contributed by atoms with Gasteiger partial charge < -0.3 is 19.7 Å². The van der Waals surface area contributed by atoms with E-state index >= 15 is 0 Å². The van der Waals surface area contributed by atoms with Gasteiger partial charge in [-0.2, -0.15) is 0 Å². The number of esters is 2. The SMILES string of the molecule is C=C(CC(=O)O)C(=O)O.C=C(CC(=O)OCCCC)C(=O)OCCCC. The Morgan fingerprint density at radius 2 is 1.31 bits per heavy atom. The van der Waals surface area contributed by atoms with Gasteiger partial charge in [-0.3, -0.25) is 9.59 Å². The molecule has 0 atom stereocenters. The summed E-state index contributed by atoms with van der Waals surface area (Å²) in [5.41, 5.74) is -0.148. The van der Waals surface area contributed by atoms with E-state index in [2.05, 4.69) is 13.2 Å². The third-order valence-corrected chi connectivity index (χ3v) is 2.81. The molecule has 0 aromatic rings. The minimum atomic E-state index is -1.27. The summed E-state index contributed by atoms with van der Waals surface area (Å²) in [7, 11) is 0. The maximum Gasteiger partial charge on any atom is 0.333 e. The van der Waals surface area contributed by atoms with Crippen molar-refractivity contribution in [1.29, 1.82) is 0 Å². The summed E-state index contributed by atoms with van der Waals surface area (Å²) < 4.78 is 9.85. The van der Waals surface area contributed by atoms with Crippen molar-refractivity contribution in [3.8, 4) is 0 Å². The van der Waals surface area contributed by atoms with Crippen molar-refractivity contribution < 1.29 is 38.9 Å². The van der Waals surface area contributed by atoms with Crippen molar-refractivity contribution in [3.63, 3.8) is 0 Å². The van der Waals surface area contributed by atoms with E-state index in [-0.39, 0.29) is 17.6 Å². The molecule has 8 nitrogen and oxygen atoms in total. The van der Waals surface area contributed by atoms with E-state index in [0.717, 1.165) is 25.7 Å². The molecule has 0 saturated carbocycles. The van der Waals surface area contributed by atoms with Gasteiger partial charge in [0.15, 0.2) is 0 Å². The molecule has 0 aromatic carbocycles. The van der Waals surface area contributed by atoms with Crippen LogP contribution in [0, 0.1) is 0 Å². The Kier molecular flexibility index (Phi) is 15.6. The number of unbranched alkanes of at least 4 members (excludes halogenated alkanes) is 2. The van der Waals surface area contributed by atoms with Crippen molar-refractivity contribution in [2.45, 2.75) is 52.4 Å². The lowest BCUT2D eigenvalue weighted by atomic mass is 10.2. The lowest BCUT2D eigenvalue weighted by Crippen LogP contribution is -2.13. The van der Waals surface area contributed by atoms with Gasteiger partial charge in [0.2, 0.25) is 0 Å². The second kappa shape index (κ2) is 15.9. The van der Waals surface area contributed by atoms with Crippen LogP contribution in [0.2, 0.25) is 0 Å². The predicted molar refractivity (Wildman–Crippen MR) is 94.5 cm³/mol. The number of carbonyl (C=O) groups excluding carboxylic acids is 2. The Balaban J connectivity index is 0. The van der Waals surface area contributed by atoms with Crippen molar-refractivity contribution in [2.24, 2.45) is 0 Å². The summed E-state index contributed by atoms with van der Waals surface area (Å²) in [4.78, 5) is 42.3. The molecule has 0 bridgehead atoms. The van der Waals surface area contributed by atoms with E-state index in [4.69, 9.17) is 19.7 Å². The largest absolute Gasteiger partial charge is 0.481 e. The third-order valence-electron chi connectivity index (χ3n) is 2.81. The van der Waals surface area contributed by atoms with Crippen LogP contribution in [0.5, 0.6) is 0 Å². The Hall–Kier alpha value is -2.64. The molecule has 0 saturated heterocycles. The molecule has 0 radical (unpaired) electrons. The molecular formula is C18H28O8. The van der Waals surface area contributed by atoms with Crippen LogP contribution < -0.4 is 0 Å². The van der Waals surface area contributed by atoms with Crippen molar-refractivity contribution in [3.05, 3.63) is 24.3 Å². The van der Waals surface area contributed by atoms with Crippen LogP contribution >= 0.6 is 0 Å². The summed E-state index contributed by atoms with van der Waals surface area (Å²) in [6, 6.07) is 0. The summed E-state index contributed by atoms with van der Waals surface area (Å²) in [6.07, 6.45) is 2.98. The van der Waals surface area contributed by atoms with Crippen LogP contribution in [0.1, 0.15) is 52.4 Å². The van der Waals surface area contributed by atoms with Crippen LogP contribution in [-0.4, -0.2) is 47.3 Å². The second-order valence-corrected chi connectivity index (χ2v) is 5.32. The summed E-state index contributed by atoms with van der Waals surface area (Å²) in [5, 5.41) is 16.1. The van der Waals surface area contributed by atoms with Crippen LogP contribution in [-0.2, 0) is 28.7 Å². The van der Waals surface area contributed by atoms with Crippen LogP contribution in [0.4, 0.5) is 0 Å². The minimum absolute atomic E-state index is 0.0886. The van der Waals surface area contributed by atoms with Crippen molar-refractivity contribution in [2.75, 3.05) is 13.2 Å². The standard InChI is InChI=1S/C13H22O4.C5H6O4/c1-4-6-8-16-12(14)10-11(3)13(15)17-9-7-5-2;1-3(5(8)9)2-4(6)7/h3-10H2,1-2H3;1-2H2,(H,6,7)(H,8,9). The Morgan fingerprint density at radius 3 is 1.69 bits per heavy atom. The molecule has 26 heavy (non-hydrogen) atoms. The highest BCUT2D eigenvalue weighted by atomic mass is 16.5. The average Bonchev–Trinajstić information content (AvgIpc) is 2.55. The molecule has 0 spiro atoms. The van der Waals surface area contributed by atoms with E-state index in [1.54, 1.807) is 0 Å². The molecule has 0 aliphatic heterocycles. The molecular weight excluding hydrogens is 344 g/mol. The first kappa shape index (κ1) is 25.6. The molecule has 148 valence electrons. The first-order valence-electron chi connectivity index (χ1n) is 8.28. The molecule has 0 rings (SSSR count). The topological polar surface area (TPSA) is 127 Å². The zero-order valence-electron chi connectivity index (χ0n) is 15.4. The quantitative estimate of drug-likeness (QED) is 0.304. The van der Waals surface area contributed by atoms with Gasteiger partial charge in [-0.15, -0.1) is 0 Å². The second-order valence-electron chi connectivity index (χ2n) is 5.32. The first-order valence-corrected chi connectivity index (χ1v) is 8.28. The van der Waals surface area contributed by atoms with Gasteiger partial charge in [-0.05, 0) is 12.8 Å². The van der Waals surface area contributed by atoms with Crippen LogP contribution in [0.15, 0.2) is 24.3 Å². The number of hydrogen-bond acceptors (Lipinski definition) is 6. The molecule has 0 unspecified atom stereocenters. The number of carboxylic acids is 2. The number of ether oxygens (including phenoxy) is 2. The zero-order chi connectivity index (χ0) is 20.5. The Morgan fingerprint density at radius 1 is 0.808 bits per heavy atom. The first-order chi connectivity index (χ1) is 12.1. The van der Waals surface area contributed by atoms with E-state index in [0.29, 0.717) is 13.2 Å². The van der Waals surface area contributed by atoms with Crippen molar-refractivity contribution in [1.82, 2.24) is 0 Å². The van der Waals surface area contributed by atoms with Gasteiger partial charge in [0.25, 0.3) is 0 Å². The lowest BCUT2D eigenvalue weighted by molar-refractivity contribution is -0.146. The number of carboxylic acid groups (broad SMARTS) is 2. The molecule has 8 heteroatoms. The van der Waals surface area contributed by atoms with E-state index in [1.807, 2.05) is 13.8 Å². The highest BCUT2D eigenvalue weighted by Crippen LogP contribution is 2.04. The predicted octanol–water partition coefficient (Wildman–Crippen LogP) is 2.72. The number of rotatable bonds is 12. The van der Waals surface area contributed by atoms with E-state index < -0.39 is 30.3 Å². The maximum atomic E-state index is 11.4. The average molecular weight is 372 g/mol. The van der Waals surface area contributed by atoms with Gasteiger partial charge in [-0.1, -0.05) is 39.8 Å². The fourth-order valence-electron chi connectivity index (χ4n) is 1.30. The Bertz CT molecular complexity index is 507. The molecule has 0 amide bonds. The van der Waals surface area contributed by atoms with Gasteiger partial charge in [0, 0.05) is 11.1 Å². The number of hydrogen-bond donors (Lipinski definition) is 2. The fraction of sp³-hybridized carbons (Fsp3) is 0.556. The Labute approximate surface area is 153 Å². The lowest BCUT2D eigenvalue weighted by Gasteiger charge is -2.07. The van der Waals surface area contributed by atoms with Gasteiger partial charge in [-0.25, -0.2) is 9.59 Å². The highest BCUT2D eigenvalue weighted by Gasteiger charge is 2.13. The third kappa shape index (κ3) is 16.2. The number of carbonyl (C=O) groups is 4. The molecule has 0 aromatic heterocycles. The normalized spacial score (nSPS) is 9.31. The molecule has 0 fully saturated rings. The molecule has 0 aliphatic carbocycles. The van der Waals surface area contributed by atoms with Gasteiger partial charge >= 0.3 is 23.9 Å². The number of aliphatic carboxylic acids is 2. The molecule has 0 heterocycles.